The van der Waals surface area contributed by atoms with E-state index < -0.39 is 10.0 Å². The Labute approximate surface area is 126 Å². The maximum atomic E-state index is 12.8. The predicted molar refractivity (Wildman–Crippen MR) is 80.0 cm³/mol. The average Bonchev–Trinajstić information content (AvgIpc) is 3.26. The van der Waals surface area contributed by atoms with Gasteiger partial charge in [0, 0.05) is 30.5 Å². The lowest BCUT2D eigenvalue weighted by atomic mass is 10.3. The van der Waals surface area contributed by atoms with Crippen molar-refractivity contribution in [1.82, 2.24) is 9.29 Å². The molecule has 114 valence electrons. The number of hydrogen-bond acceptors (Lipinski definition) is 4. The zero-order chi connectivity index (χ0) is 15.5. The SMILES string of the molecule is CC(C)N(CC1CC1)S(=O)(=O)c1cncc(C#CCO)c1. The summed E-state index contributed by atoms with van der Waals surface area (Å²) in [6.07, 6.45) is 5.03. The van der Waals surface area contributed by atoms with E-state index in [2.05, 4.69) is 16.8 Å². The fraction of sp³-hybridized carbons (Fsp3) is 0.533. The van der Waals surface area contributed by atoms with Gasteiger partial charge in [0.15, 0.2) is 0 Å². The predicted octanol–water partition coefficient (Wildman–Crippen LogP) is 1.23. The first kappa shape index (κ1) is 16.0. The lowest BCUT2D eigenvalue weighted by Crippen LogP contribution is -2.38. The van der Waals surface area contributed by atoms with Crippen molar-refractivity contribution in [2.75, 3.05) is 13.2 Å². The molecular weight excluding hydrogens is 288 g/mol. The van der Waals surface area contributed by atoms with E-state index in [1.165, 1.54) is 22.8 Å². The highest BCUT2D eigenvalue weighted by atomic mass is 32.2. The van der Waals surface area contributed by atoms with Crippen LogP contribution < -0.4 is 0 Å². The summed E-state index contributed by atoms with van der Waals surface area (Å²) in [5, 5.41) is 8.70. The van der Waals surface area contributed by atoms with Gasteiger partial charge in [0.2, 0.25) is 10.0 Å². The van der Waals surface area contributed by atoms with Crippen LogP contribution in [0.5, 0.6) is 0 Å². The van der Waals surface area contributed by atoms with Crippen LogP contribution in [0.15, 0.2) is 23.4 Å². The molecule has 0 bridgehead atoms. The second-order valence-electron chi connectivity index (χ2n) is 5.48. The molecule has 1 aromatic rings. The first-order valence-corrected chi connectivity index (χ1v) is 8.45. The summed E-state index contributed by atoms with van der Waals surface area (Å²) in [5.74, 6) is 5.66. The van der Waals surface area contributed by atoms with Crippen LogP contribution in [0, 0.1) is 17.8 Å². The smallest absolute Gasteiger partial charge is 0.244 e. The Morgan fingerprint density at radius 3 is 2.71 bits per heavy atom. The number of nitrogens with zero attached hydrogens (tertiary/aromatic N) is 2. The molecule has 1 saturated carbocycles. The van der Waals surface area contributed by atoms with E-state index >= 15 is 0 Å². The normalized spacial score (nSPS) is 15.1. The summed E-state index contributed by atoms with van der Waals surface area (Å²) in [7, 11) is -3.56. The maximum Gasteiger partial charge on any atom is 0.244 e. The van der Waals surface area contributed by atoms with Crippen molar-refractivity contribution < 1.29 is 13.5 Å². The van der Waals surface area contributed by atoms with Crippen molar-refractivity contribution >= 4 is 10.0 Å². The Balaban J connectivity index is 2.32. The molecule has 1 aliphatic carbocycles. The second kappa shape index (κ2) is 6.56. The number of hydrogen-bond donors (Lipinski definition) is 1. The second-order valence-corrected chi connectivity index (χ2v) is 7.37. The zero-order valence-electron chi connectivity index (χ0n) is 12.3. The van der Waals surface area contributed by atoms with Crippen LogP contribution in [-0.4, -0.2) is 42.0 Å². The van der Waals surface area contributed by atoms with Crippen LogP contribution in [0.1, 0.15) is 32.3 Å². The minimum absolute atomic E-state index is 0.0946. The number of aliphatic hydroxyl groups is 1. The zero-order valence-corrected chi connectivity index (χ0v) is 13.1. The fourth-order valence-corrected chi connectivity index (χ4v) is 3.75. The van der Waals surface area contributed by atoms with Crippen molar-refractivity contribution in [3.8, 4) is 11.8 Å². The highest BCUT2D eigenvalue weighted by Crippen LogP contribution is 2.32. The van der Waals surface area contributed by atoms with Gasteiger partial charge in [0.05, 0.1) is 0 Å². The fourth-order valence-electron chi connectivity index (χ4n) is 2.05. The van der Waals surface area contributed by atoms with E-state index in [-0.39, 0.29) is 17.5 Å². The molecule has 1 fully saturated rings. The van der Waals surface area contributed by atoms with E-state index in [0.717, 1.165) is 12.8 Å². The van der Waals surface area contributed by atoms with Crippen LogP contribution in [0.4, 0.5) is 0 Å². The molecule has 1 heterocycles. The minimum Gasteiger partial charge on any atom is -0.384 e. The topological polar surface area (TPSA) is 70.5 Å². The first-order chi connectivity index (χ1) is 9.95. The summed E-state index contributed by atoms with van der Waals surface area (Å²) in [6, 6.07) is 1.41. The Bertz CT molecular complexity index is 655. The third kappa shape index (κ3) is 4.03. The molecule has 1 aliphatic rings. The number of pyridine rings is 1. The van der Waals surface area contributed by atoms with Gasteiger partial charge in [-0.1, -0.05) is 11.8 Å². The highest BCUT2D eigenvalue weighted by Gasteiger charge is 2.33. The number of rotatable bonds is 5. The monoisotopic (exact) mass is 308 g/mol. The third-order valence-electron chi connectivity index (χ3n) is 3.34. The molecule has 6 heteroatoms. The summed E-state index contributed by atoms with van der Waals surface area (Å²) < 4.78 is 27.0. The average molecular weight is 308 g/mol. The minimum atomic E-state index is -3.56. The number of aromatic nitrogens is 1. The van der Waals surface area contributed by atoms with Crippen LogP contribution in [0.3, 0.4) is 0 Å². The molecule has 0 atom stereocenters. The van der Waals surface area contributed by atoms with Gasteiger partial charge in [-0.2, -0.15) is 4.31 Å². The lowest BCUT2D eigenvalue weighted by molar-refractivity contribution is 0.341. The lowest BCUT2D eigenvalue weighted by Gasteiger charge is -2.25. The van der Waals surface area contributed by atoms with Crippen molar-refractivity contribution in [1.29, 1.82) is 0 Å². The molecular formula is C15H20N2O3S. The Kier molecular flexibility index (Phi) is 4.99. The van der Waals surface area contributed by atoms with Crippen molar-refractivity contribution in [2.24, 2.45) is 5.92 Å². The quantitative estimate of drug-likeness (QED) is 0.831. The first-order valence-electron chi connectivity index (χ1n) is 7.01. The summed E-state index contributed by atoms with van der Waals surface area (Å²) in [6.45, 7) is 4.05. The Morgan fingerprint density at radius 2 is 2.14 bits per heavy atom. The summed E-state index contributed by atoms with van der Waals surface area (Å²) >= 11 is 0. The van der Waals surface area contributed by atoms with Gasteiger partial charge >= 0.3 is 0 Å². The van der Waals surface area contributed by atoms with Crippen LogP contribution in [-0.2, 0) is 10.0 Å². The van der Waals surface area contributed by atoms with Gasteiger partial charge in [-0.05, 0) is 38.7 Å². The summed E-state index contributed by atoms with van der Waals surface area (Å²) in [5.41, 5.74) is 0.486. The van der Waals surface area contributed by atoms with Crippen LogP contribution in [0.25, 0.3) is 0 Å². The van der Waals surface area contributed by atoms with Crippen molar-refractivity contribution in [3.63, 3.8) is 0 Å². The molecule has 21 heavy (non-hydrogen) atoms. The molecule has 0 radical (unpaired) electrons. The molecule has 5 nitrogen and oxygen atoms in total. The largest absolute Gasteiger partial charge is 0.384 e. The van der Waals surface area contributed by atoms with Gasteiger partial charge in [-0.25, -0.2) is 8.42 Å². The van der Waals surface area contributed by atoms with Crippen molar-refractivity contribution in [2.45, 2.75) is 37.6 Å². The standard InChI is InChI=1S/C15H20N2O3S/c1-12(2)17(11-13-5-6-13)21(19,20)15-8-14(4-3-7-18)9-16-10-15/h8-10,12-13,18H,5-7,11H2,1-2H3. The van der Waals surface area contributed by atoms with Crippen LogP contribution in [0.2, 0.25) is 0 Å². The summed E-state index contributed by atoms with van der Waals surface area (Å²) in [4.78, 5) is 4.10. The van der Waals surface area contributed by atoms with E-state index in [9.17, 15) is 8.42 Å². The Hall–Kier alpha value is -1.42. The van der Waals surface area contributed by atoms with E-state index in [1.807, 2.05) is 13.8 Å². The maximum absolute atomic E-state index is 12.8. The molecule has 0 amide bonds. The molecule has 0 saturated heterocycles. The van der Waals surface area contributed by atoms with E-state index in [1.54, 1.807) is 0 Å². The van der Waals surface area contributed by atoms with E-state index in [4.69, 9.17) is 5.11 Å². The molecule has 0 aliphatic heterocycles. The Morgan fingerprint density at radius 1 is 1.43 bits per heavy atom. The molecule has 1 N–H and O–H groups in total. The van der Waals surface area contributed by atoms with Gasteiger partial charge in [0.25, 0.3) is 0 Å². The van der Waals surface area contributed by atoms with Gasteiger partial charge in [-0.3, -0.25) is 4.98 Å². The van der Waals surface area contributed by atoms with Gasteiger partial charge < -0.3 is 5.11 Å². The molecule has 1 aromatic heterocycles. The van der Waals surface area contributed by atoms with Crippen molar-refractivity contribution in [3.05, 3.63) is 24.0 Å². The van der Waals surface area contributed by atoms with E-state index in [0.29, 0.717) is 18.0 Å². The molecule has 2 rings (SSSR count). The molecule has 0 aromatic carbocycles. The highest BCUT2D eigenvalue weighted by molar-refractivity contribution is 7.89. The molecule has 0 unspecified atom stereocenters. The number of sulfonamides is 1. The third-order valence-corrected chi connectivity index (χ3v) is 5.35. The molecule has 0 spiro atoms. The number of aliphatic hydroxyl groups excluding tert-OH is 1. The van der Waals surface area contributed by atoms with Gasteiger partial charge in [0.1, 0.15) is 11.5 Å². The van der Waals surface area contributed by atoms with Gasteiger partial charge in [-0.15, -0.1) is 0 Å². The van der Waals surface area contributed by atoms with Crippen LogP contribution >= 0.6 is 0 Å².